The standard InChI is InChI=1S/C19H15BrFN7O/c1-10-2-3-11(18-24-26-28(25-18)13-4-5-13)6-16(10)23-19(29)14-8-22-27-9-12(20)7-15(21)17(14)27/h2-3,6-9,13H,4-5H2,1H3,(H,23,29). The van der Waals surface area contributed by atoms with Crippen molar-refractivity contribution in [3.8, 4) is 11.4 Å². The van der Waals surface area contributed by atoms with Gasteiger partial charge in [-0.05, 0) is 58.6 Å². The number of tetrazole rings is 1. The minimum atomic E-state index is -0.534. The molecule has 0 radical (unpaired) electrons. The number of amides is 1. The molecule has 3 aromatic heterocycles. The molecule has 8 nitrogen and oxygen atoms in total. The van der Waals surface area contributed by atoms with Crippen molar-refractivity contribution in [3.63, 3.8) is 0 Å². The molecule has 0 atom stereocenters. The van der Waals surface area contributed by atoms with Gasteiger partial charge in [-0.2, -0.15) is 9.90 Å². The highest BCUT2D eigenvalue weighted by Gasteiger charge is 2.26. The van der Waals surface area contributed by atoms with Crippen LogP contribution < -0.4 is 5.32 Å². The van der Waals surface area contributed by atoms with Gasteiger partial charge in [-0.1, -0.05) is 12.1 Å². The molecule has 146 valence electrons. The lowest BCUT2D eigenvalue weighted by Crippen LogP contribution is -2.13. The van der Waals surface area contributed by atoms with E-state index in [2.05, 4.69) is 41.8 Å². The summed E-state index contributed by atoms with van der Waals surface area (Å²) in [5.41, 5.74) is 2.46. The number of halogens is 2. The second kappa shape index (κ2) is 6.73. The van der Waals surface area contributed by atoms with Crippen molar-refractivity contribution in [2.75, 3.05) is 5.32 Å². The Morgan fingerprint density at radius 3 is 2.93 bits per heavy atom. The highest BCUT2D eigenvalue weighted by molar-refractivity contribution is 9.10. The Hall–Kier alpha value is -3.14. The molecule has 0 unspecified atom stereocenters. The molecule has 1 amide bonds. The van der Waals surface area contributed by atoms with Crippen molar-refractivity contribution in [3.05, 3.63) is 58.1 Å². The monoisotopic (exact) mass is 455 g/mol. The number of hydrogen-bond acceptors (Lipinski definition) is 5. The van der Waals surface area contributed by atoms with E-state index in [1.807, 2.05) is 19.1 Å². The zero-order chi connectivity index (χ0) is 20.1. The summed E-state index contributed by atoms with van der Waals surface area (Å²) < 4.78 is 16.2. The van der Waals surface area contributed by atoms with Crippen LogP contribution >= 0.6 is 15.9 Å². The summed E-state index contributed by atoms with van der Waals surface area (Å²) >= 11 is 3.22. The number of anilines is 1. The molecule has 1 aliphatic carbocycles. The van der Waals surface area contributed by atoms with Crippen LogP contribution in [-0.4, -0.2) is 35.7 Å². The third-order valence-electron chi connectivity index (χ3n) is 4.82. The number of carbonyl (C=O) groups excluding carboxylic acids is 1. The molecule has 1 fully saturated rings. The maximum Gasteiger partial charge on any atom is 0.259 e. The first-order valence-corrected chi connectivity index (χ1v) is 9.83. The van der Waals surface area contributed by atoms with Gasteiger partial charge in [-0.15, -0.1) is 10.2 Å². The molecule has 0 spiro atoms. The maximum absolute atomic E-state index is 14.4. The van der Waals surface area contributed by atoms with Gasteiger partial charge in [0, 0.05) is 21.9 Å². The van der Waals surface area contributed by atoms with Crippen molar-refractivity contribution in [2.45, 2.75) is 25.8 Å². The predicted molar refractivity (Wildman–Crippen MR) is 107 cm³/mol. The predicted octanol–water partition coefficient (Wildman–Crippen LogP) is 3.79. The molecule has 1 aliphatic rings. The highest BCUT2D eigenvalue weighted by Crippen LogP contribution is 2.33. The van der Waals surface area contributed by atoms with E-state index in [0.717, 1.165) is 24.0 Å². The number of rotatable bonds is 4. The zero-order valence-corrected chi connectivity index (χ0v) is 16.9. The van der Waals surface area contributed by atoms with E-state index in [1.54, 1.807) is 17.1 Å². The van der Waals surface area contributed by atoms with Crippen molar-refractivity contribution >= 4 is 33.0 Å². The van der Waals surface area contributed by atoms with E-state index in [4.69, 9.17) is 0 Å². The van der Waals surface area contributed by atoms with E-state index in [9.17, 15) is 9.18 Å². The molecule has 5 rings (SSSR count). The Labute approximate surface area is 172 Å². The van der Waals surface area contributed by atoms with E-state index in [0.29, 0.717) is 22.0 Å². The first-order valence-electron chi connectivity index (χ1n) is 9.04. The van der Waals surface area contributed by atoms with E-state index in [1.165, 1.54) is 16.8 Å². The van der Waals surface area contributed by atoms with Crippen LogP contribution in [0.2, 0.25) is 0 Å². The van der Waals surface area contributed by atoms with Crippen molar-refractivity contribution in [2.24, 2.45) is 0 Å². The Kier molecular flexibility index (Phi) is 4.16. The molecule has 29 heavy (non-hydrogen) atoms. The summed E-state index contributed by atoms with van der Waals surface area (Å²) in [5.74, 6) is -0.483. The second-order valence-electron chi connectivity index (χ2n) is 7.01. The van der Waals surface area contributed by atoms with E-state index in [-0.39, 0.29) is 11.1 Å². The van der Waals surface area contributed by atoms with Gasteiger partial charge in [0.15, 0.2) is 5.82 Å². The van der Waals surface area contributed by atoms with Crippen LogP contribution in [0.5, 0.6) is 0 Å². The van der Waals surface area contributed by atoms with Gasteiger partial charge in [0.1, 0.15) is 5.52 Å². The van der Waals surface area contributed by atoms with Crippen LogP contribution in [0.15, 0.2) is 41.1 Å². The minimum absolute atomic E-state index is 0.119. The molecule has 4 aromatic rings. The fourth-order valence-electron chi connectivity index (χ4n) is 3.09. The third kappa shape index (κ3) is 3.29. The molecule has 10 heteroatoms. The van der Waals surface area contributed by atoms with Crippen LogP contribution in [0.1, 0.15) is 34.8 Å². The SMILES string of the molecule is Cc1ccc(-c2nnn(C3CC3)n2)cc1NC(=O)c1cnn2cc(Br)cc(F)c12. The Balaban J connectivity index is 1.46. The van der Waals surface area contributed by atoms with Crippen LogP contribution in [0, 0.1) is 12.7 Å². The lowest BCUT2D eigenvalue weighted by molar-refractivity contribution is 0.102. The summed E-state index contributed by atoms with van der Waals surface area (Å²) in [6.45, 7) is 1.88. The Morgan fingerprint density at radius 2 is 2.14 bits per heavy atom. The van der Waals surface area contributed by atoms with Crippen LogP contribution in [0.4, 0.5) is 10.1 Å². The number of nitrogens with zero attached hydrogens (tertiary/aromatic N) is 6. The number of nitrogens with one attached hydrogen (secondary N) is 1. The van der Waals surface area contributed by atoms with Gasteiger partial charge >= 0.3 is 0 Å². The van der Waals surface area contributed by atoms with Crippen molar-refractivity contribution < 1.29 is 9.18 Å². The fraction of sp³-hybridized carbons (Fsp3) is 0.211. The lowest BCUT2D eigenvalue weighted by atomic mass is 10.1. The van der Waals surface area contributed by atoms with E-state index >= 15 is 0 Å². The van der Waals surface area contributed by atoms with Crippen LogP contribution in [-0.2, 0) is 0 Å². The number of fused-ring (bicyclic) bond motifs is 1. The first kappa shape index (κ1) is 17.9. The van der Waals surface area contributed by atoms with Gasteiger partial charge in [-0.3, -0.25) is 4.79 Å². The highest BCUT2D eigenvalue weighted by atomic mass is 79.9. The van der Waals surface area contributed by atoms with Crippen molar-refractivity contribution in [1.29, 1.82) is 0 Å². The molecule has 3 heterocycles. The molecule has 1 N–H and O–H groups in total. The maximum atomic E-state index is 14.4. The summed E-state index contributed by atoms with van der Waals surface area (Å²) in [6.07, 6.45) is 5.08. The third-order valence-corrected chi connectivity index (χ3v) is 5.26. The van der Waals surface area contributed by atoms with E-state index < -0.39 is 11.7 Å². The number of aromatic nitrogens is 6. The first-order chi connectivity index (χ1) is 14.0. The van der Waals surface area contributed by atoms with Gasteiger partial charge in [0.05, 0.1) is 17.8 Å². The number of benzene rings is 1. The fourth-order valence-corrected chi connectivity index (χ4v) is 3.49. The molecule has 0 bridgehead atoms. The molecule has 0 saturated heterocycles. The summed E-state index contributed by atoms with van der Waals surface area (Å²) in [4.78, 5) is 14.5. The summed E-state index contributed by atoms with van der Waals surface area (Å²) in [7, 11) is 0. The quantitative estimate of drug-likeness (QED) is 0.505. The topological polar surface area (TPSA) is 90.0 Å². The van der Waals surface area contributed by atoms with Gasteiger partial charge < -0.3 is 5.32 Å². The summed E-state index contributed by atoms with van der Waals surface area (Å²) in [5, 5.41) is 19.5. The zero-order valence-electron chi connectivity index (χ0n) is 15.3. The lowest BCUT2D eigenvalue weighted by Gasteiger charge is -2.09. The Morgan fingerprint density at radius 1 is 1.31 bits per heavy atom. The molecule has 1 aromatic carbocycles. The Bertz CT molecular complexity index is 1260. The molecular formula is C19H15BrFN7O. The van der Waals surface area contributed by atoms with Gasteiger partial charge in [-0.25, -0.2) is 8.91 Å². The largest absolute Gasteiger partial charge is 0.322 e. The summed E-state index contributed by atoms with van der Waals surface area (Å²) in [6, 6.07) is 7.18. The van der Waals surface area contributed by atoms with Crippen LogP contribution in [0.25, 0.3) is 16.9 Å². The number of aryl methyl sites for hydroxylation is 1. The molecule has 1 saturated carbocycles. The van der Waals surface area contributed by atoms with Gasteiger partial charge in [0.2, 0.25) is 5.82 Å². The van der Waals surface area contributed by atoms with Gasteiger partial charge in [0.25, 0.3) is 5.91 Å². The minimum Gasteiger partial charge on any atom is -0.322 e. The normalized spacial score (nSPS) is 13.8. The smallest absolute Gasteiger partial charge is 0.259 e. The second-order valence-corrected chi connectivity index (χ2v) is 7.92. The molecule has 0 aliphatic heterocycles. The number of pyridine rings is 1. The number of carbonyl (C=O) groups is 1. The average molecular weight is 456 g/mol. The number of hydrogen-bond donors (Lipinski definition) is 1. The van der Waals surface area contributed by atoms with Crippen LogP contribution in [0.3, 0.4) is 0 Å². The average Bonchev–Trinajstić information content (AvgIpc) is 3.25. The van der Waals surface area contributed by atoms with Crippen molar-refractivity contribution in [1.82, 2.24) is 29.8 Å². The molecular weight excluding hydrogens is 441 g/mol.